The van der Waals surface area contributed by atoms with E-state index in [0.29, 0.717) is 66.8 Å². The van der Waals surface area contributed by atoms with Crippen molar-refractivity contribution in [2.45, 2.75) is 0 Å². The van der Waals surface area contributed by atoms with Gasteiger partial charge in [0.15, 0.2) is 11.4 Å². The minimum atomic E-state index is -0.187. The first-order valence-electron chi connectivity index (χ1n) is 13.4. The predicted octanol–water partition coefficient (Wildman–Crippen LogP) is 9.79. The van der Waals surface area contributed by atoms with Crippen LogP contribution in [0.5, 0.6) is 0 Å². The Balaban J connectivity index is 1.74. The third-order valence-electron chi connectivity index (χ3n) is 7.90. The quantitative estimate of drug-likeness (QED) is 0.174. The number of nitriles is 3. The van der Waals surface area contributed by atoms with E-state index in [-0.39, 0.29) is 34.0 Å². The fourth-order valence-corrected chi connectivity index (χ4v) is 6.09. The Morgan fingerprint density at radius 3 is 1.41 bits per heavy atom. The Bertz CT molecular complexity index is 2350. The summed E-state index contributed by atoms with van der Waals surface area (Å²) in [6.45, 7) is 38.5. The highest BCUT2D eigenvalue weighted by Crippen LogP contribution is 2.62. The van der Waals surface area contributed by atoms with Crippen molar-refractivity contribution < 1.29 is 0 Å². The van der Waals surface area contributed by atoms with Crippen LogP contribution in [0.2, 0.25) is 0 Å². The van der Waals surface area contributed by atoms with E-state index in [9.17, 15) is 15.8 Å². The summed E-state index contributed by atoms with van der Waals surface area (Å²) in [6, 6.07) is 26.6. The molecule has 0 fully saturated rings. The molecule has 2 aliphatic carbocycles. The van der Waals surface area contributed by atoms with E-state index >= 15 is 0 Å². The molecule has 0 bridgehead atoms. The van der Waals surface area contributed by atoms with Gasteiger partial charge in [-0.25, -0.2) is 25.1 Å². The van der Waals surface area contributed by atoms with Crippen molar-refractivity contribution in [3.63, 3.8) is 0 Å². The van der Waals surface area contributed by atoms with Crippen molar-refractivity contribution >= 4 is 39.4 Å². The normalized spacial score (nSPS) is 13.9. The van der Waals surface area contributed by atoms with Gasteiger partial charge < -0.3 is 0 Å². The molecule has 0 aromatic heterocycles. The van der Waals surface area contributed by atoms with Crippen LogP contribution in [0, 0.1) is 66.9 Å². The summed E-state index contributed by atoms with van der Waals surface area (Å²) in [4.78, 5) is 17.6. The third kappa shape index (κ3) is 3.93. The maximum atomic E-state index is 10.2. The topological polar surface area (TPSA) is 93.2 Å². The fourth-order valence-electron chi connectivity index (χ4n) is 6.09. The van der Waals surface area contributed by atoms with E-state index in [1.54, 1.807) is 54.6 Å². The van der Waals surface area contributed by atoms with E-state index in [1.165, 1.54) is 0 Å². The van der Waals surface area contributed by atoms with E-state index in [2.05, 4.69) is 24.2 Å². The molecule has 0 atom stereocenters. The Morgan fingerprint density at radius 2 is 0.978 bits per heavy atom. The molecule has 0 heterocycles. The van der Waals surface area contributed by atoms with E-state index in [0.717, 1.165) is 0 Å². The molecule has 8 nitrogen and oxygen atoms in total. The van der Waals surface area contributed by atoms with Gasteiger partial charge in [0, 0.05) is 11.1 Å². The predicted molar refractivity (Wildman–Crippen MR) is 172 cm³/mol. The molecule has 204 valence electrons. The van der Waals surface area contributed by atoms with E-state index in [4.69, 9.17) is 32.9 Å². The van der Waals surface area contributed by atoms with Gasteiger partial charge in [0.2, 0.25) is 5.69 Å². The summed E-state index contributed by atoms with van der Waals surface area (Å²) in [7, 11) is 0. The fraction of sp³-hybridized carbons (Fsp3) is 0. The van der Waals surface area contributed by atoms with Crippen molar-refractivity contribution in [2.75, 3.05) is 0 Å². The van der Waals surface area contributed by atoms with Crippen LogP contribution in [-0.2, 0) is 0 Å². The standard InChI is InChI=1S/C38H12N8/c1-42-28-15-14-22(17-30(28)44-3)25-9-7-11-27-34(25)38(32(20-41)46-5)35-26-10-6-8-24(21-12-13-23(18-39)29(16-21)43-2)33(26)37(36(27)35)31(19-40)45-4/h6-17H/b37-31-,38-32+. The Labute approximate surface area is 264 Å². The average molecular weight is 581 g/mol. The lowest BCUT2D eigenvalue weighted by Gasteiger charge is -2.19. The summed E-state index contributed by atoms with van der Waals surface area (Å²) in [6.07, 6.45) is 0. The van der Waals surface area contributed by atoms with Gasteiger partial charge in [0.1, 0.15) is 0 Å². The Kier molecular flexibility index (Phi) is 6.74. The largest absolute Gasteiger partial charge is 0.270 e. The minimum Gasteiger partial charge on any atom is -0.250 e. The molecule has 2 aliphatic rings. The van der Waals surface area contributed by atoms with Crippen LogP contribution >= 0.6 is 0 Å². The summed E-state index contributed by atoms with van der Waals surface area (Å²) < 4.78 is 0. The SMILES string of the molecule is [C-]#[N+]/C(C#N)=C1C2=C(/C(=C(\C#N)[N+]#[C-])c3c2cccc3-c2ccc([N+]#[C-])c([N+]#[C-])c2)c2cccc(-c3ccc(C#N)c([N+]#[C-])c3)c2\1. The van der Waals surface area contributed by atoms with Crippen molar-refractivity contribution in [2.24, 2.45) is 0 Å². The zero-order valence-electron chi connectivity index (χ0n) is 23.5. The molecule has 8 heteroatoms. The van der Waals surface area contributed by atoms with Crippen LogP contribution in [0.15, 0.2) is 84.2 Å². The van der Waals surface area contributed by atoms with Gasteiger partial charge in [-0.2, -0.15) is 5.26 Å². The van der Waals surface area contributed by atoms with Gasteiger partial charge >= 0.3 is 0 Å². The molecule has 0 radical (unpaired) electrons. The number of allylic oxidation sites excluding steroid dienone is 6. The van der Waals surface area contributed by atoms with Crippen LogP contribution in [0.1, 0.15) is 27.8 Å². The average Bonchev–Trinajstić information content (AvgIpc) is 3.62. The van der Waals surface area contributed by atoms with Crippen LogP contribution in [0.25, 0.3) is 68.8 Å². The van der Waals surface area contributed by atoms with Crippen molar-refractivity contribution in [1.29, 1.82) is 15.8 Å². The first-order valence-corrected chi connectivity index (χ1v) is 13.4. The summed E-state index contributed by atoms with van der Waals surface area (Å²) in [5, 5.41) is 29.9. The van der Waals surface area contributed by atoms with Crippen molar-refractivity contribution in [3.8, 4) is 40.5 Å². The number of benzene rings is 4. The molecular formula is C38H12N8. The zero-order chi connectivity index (χ0) is 32.5. The summed E-state index contributed by atoms with van der Waals surface area (Å²) in [5.74, 6) is 0. The van der Waals surface area contributed by atoms with Crippen LogP contribution < -0.4 is 0 Å². The van der Waals surface area contributed by atoms with E-state index in [1.807, 2.05) is 36.4 Å². The molecule has 0 N–H and O–H groups in total. The molecule has 0 aliphatic heterocycles. The highest BCUT2D eigenvalue weighted by molar-refractivity contribution is 6.39. The van der Waals surface area contributed by atoms with Crippen LogP contribution in [-0.4, -0.2) is 0 Å². The number of nitrogens with zero attached hydrogens (tertiary/aromatic N) is 8. The second-order valence-electron chi connectivity index (χ2n) is 9.98. The second kappa shape index (κ2) is 11.0. The van der Waals surface area contributed by atoms with Crippen molar-refractivity contribution in [3.05, 3.63) is 169 Å². The minimum absolute atomic E-state index is 0.158. The lowest BCUT2D eigenvalue weighted by molar-refractivity contribution is 1.47. The summed E-state index contributed by atoms with van der Waals surface area (Å²) in [5.41, 5.74) is 6.85. The van der Waals surface area contributed by atoms with Gasteiger partial charge in [-0.1, -0.05) is 66.7 Å². The summed E-state index contributed by atoms with van der Waals surface area (Å²) >= 11 is 0. The van der Waals surface area contributed by atoms with Crippen molar-refractivity contribution in [1.82, 2.24) is 0 Å². The van der Waals surface area contributed by atoms with Gasteiger partial charge in [0.05, 0.1) is 56.6 Å². The number of fused-ring (bicyclic) bond motifs is 4. The molecule has 0 spiro atoms. The molecule has 6 rings (SSSR count). The smallest absolute Gasteiger partial charge is 0.250 e. The lowest BCUT2D eigenvalue weighted by Crippen LogP contribution is -1.99. The molecule has 46 heavy (non-hydrogen) atoms. The molecule has 0 unspecified atom stereocenters. The third-order valence-corrected chi connectivity index (χ3v) is 7.90. The molecule has 0 saturated carbocycles. The van der Waals surface area contributed by atoms with Gasteiger partial charge in [-0.3, -0.25) is 9.69 Å². The molecule has 4 aromatic carbocycles. The maximum absolute atomic E-state index is 10.2. The molecule has 0 amide bonds. The highest BCUT2D eigenvalue weighted by Gasteiger charge is 2.41. The highest BCUT2D eigenvalue weighted by atomic mass is 14.8. The molecular weight excluding hydrogens is 568 g/mol. The Hall–Kier alpha value is -7.98. The number of hydrogen-bond acceptors (Lipinski definition) is 3. The number of rotatable bonds is 2. The lowest BCUT2D eigenvalue weighted by atomic mass is 9.84. The van der Waals surface area contributed by atoms with Gasteiger partial charge in [-0.05, 0) is 61.7 Å². The molecule has 0 saturated heterocycles. The monoisotopic (exact) mass is 580 g/mol. The second-order valence-corrected chi connectivity index (χ2v) is 9.98. The Morgan fingerprint density at radius 1 is 0.522 bits per heavy atom. The first-order chi connectivity index (χ1) is 22.5. The maximum Gasteiger partial charge on any atom is 0.270 e. The van der Waals surface area contributed by atoms with Crippen LogP contribution in [0.3, 0.4) is 0 Å². The van der Waals surface area contributed by atoms with Gasteiger partial charge in [-0.15, -0.1) is 0 Å². The molecule has 4 aromatic rings. The van der Waals surface area contributed by atoms with E-state index < -0.39 is 0 Å². The zero-order valence-corrected chi connectivity index (χ0v) is 23.5. The number of hydrogen-bond donors (Lipinski definition) is 0. The first kappa shape index (κ1) is 28.2. The van der Waals surface area contributed by atoms with Crippen LogP contribution in [0.4, 0.5) is 17.1 Å². The van der Waals surface area contributed by atoms with Gasteiger partial charge in [0.25, 0.3) is 11.4 Å².